The van der Waals surface area contributed by atoms with E-state index in [1.807, 2.05) is 9.99 Å². The Morgan fingerprint density at radius 2 is 2.62 bits per heavy atom. The molecule has 0 aliphatic heterocycles. The normalized spacial score (nSPS) is 10.5. The minimum atomic E-state index is 0.926. The molecular formula is C4H3N3S. The molecule has 0 fully saturated rings. The van der Waals surface area contributed by atoms with Crippen molar-refractivity contribution in [2.75, 3.05) is 0 Å². The molecule has 0 aliphatic rings. The van der Waals surface area contributed by atoms with Crippen LogP contribution >= 0.6 is 11.7 Å². The second kappa shape index (κ2) is 1.29. The van der Waals surface area contributed by atoms with Gasteiger partial charge in [-0.15, -0.1) is 0 Å². The molecule has 2 aromatic rings. The molecule has 0 radical (unpaired) electrons. The molecular weight excluding hydrogens is 122 g/mol. The Hall–Kier alpha value is -0.900. The molecule has 0 atom stereocenters. The van der Waals surface area contributed by atoms with Gasteiger partial charge in [-0.25, -0.2) is 8.77 Å². The number of rotatable bonds is 0. The molecule has 0 aliphatic carbocycles. The number of fused-ring (bicyclic) bond motifs is 1. The van der Waals surface area contributed by atoms with Crippen molar-refractivity contribution in [3.05, 3.63) is 18.6 Å². The van der Waals surface area contributed by atoms with Gasteiger partial charge < -0.3 is 0 Å². The first-order valence-corrected chi connectivity index (χ1v) is 2.94. The number of aromatic nitrogens is 3. The number of hydrogen-bond acceptors (Lipinski definition) is 3. The summed E-state index contributed by atoms with van der Waals surface area (Å²) in [5.41, 5.74) is 0.926. The van der Waals surface area contributed by atoms with Crippen LogP contribution in [0.25, 0.3) is 5.65 Å². The lowest BCUT2D eigenvalue weighted by molar-refractivity contribution is 1.37. The maximum absolute atomic E-state index is 3.99. The Balaban J connectivity index is 3.06. The lowest BCUT2D eigenvalue weighted by Crippen LogP contribution is -1.63. The zero-order valence-corrected chi connectivity index (χ0v) is 4.80. The van der Waals surface area contributed by atoms with Crippen molar-refractivity contribution >= 4 is 17.4 Å². The Labute approximate surface area is 49.9 Å². The summed E-state index contributed by atoms with van der Waals surface area (Å²) >= 11 is 1.40. The van der Waals surface area contributed by atoms with Crippen LogP contribution in [-0.2, 0) is 0 Å². The van der Waals surface area contributed by atoms with E-state index in [1.165, 1.54) is 11.7 Å². The minimum Gasteiger partial charge on any atom is -0.238 e. The highest BCUT2D eigenvalue weighted by molar-refractivity contribution is 7.00. The van der Waals surface area contributed by atoms with Gasteiger partial charge in [-0.3, -0.25) is 0 Å². The zero-order chi connectivity index (χ0) is 5.40. The third-order valence-corrected chi connectivity index (χ3v) is 1.62. The number of nitrogens with zero attached hydrogens (tertiary/aromatic N) is 3. The van der Waals surface area contributed by atoms with Gasteiger partial charge in [0.25, 0.3) is 0 Å². The molecule has 2 rings (SSSR count). The van der Waals surface area contributed by atoms with Crippen LogP contribution in [0.1, 0.15) is 0 Å². The Morgan fingerprint density at radius 3 is 3.50 bits per heavy atom. The van der Waals surface area contributed by atoms with E-state index in [1.54, 1.807) is 12.4 Å². The van der Waals surface area contributed by atoms with E-state index in [0.29, 0.717) is 0 Å². The summed E-state index contributed by atoms with van der Waals surface area (Å²) in [5.74, 6) is 0. The summed E-state index contributed by atoms with van der Waals surface area (Å²) in [4.78, 5) is 3.99. The van der Waals surface area contributed by atoms with Crippen LogP contribution in [-0.4, -0.2) is 13.1 Å². The molecule has 4 heteroatoms. The molecule has 0 amide bonds. The van der Waals surface area contributed by atoms with Crippen molar-refractivity contribution < 1.29 is 0 Å². The van der Waals surface area contributed by atoms with E-state index in [-0.39, 0.29) is 0 Å². The summed E-state index contributed by atoms with van der Waals surface area (Å²) in [7, 11) is 0. The molecule has 8 heavy (non-hydrogen) atoms. The van der Waals surface area contributed by atoms with Crippen molar-refractivity contribution in [3.8, 4) is 0 Å². The maximum atomic E-state index is 3.99. The highest BCUT2D eigenvalue weighted by Crippen LogP contribution is 2.00. The quantitative estimate of drug-likeness (QED) is 0.521. The largest absolute Gasteiger partial charge is 0.238 e. The van der Waals surface area contributed by atoms with Gasteiger partial charge in [0.1, 0.15) is 0 Å². The molecule has 0 saturated heterocycles. The van der Waals surface area contributed by atoms with E-state index in [4.69, 9.17) is 0 Å². The molecule has 0 bridgehead atoms. The molecule has 40 valence electrons. The van der Waals surface area contributed by atoms with Gasteiger partial charge in [-0.1, -0.05) is 0 Å². The zero-order valence-electron chi connectivity index (χ0n) is 3.98. The van der Waals surface area contributed by atoms with Gasteiger partial charge in [0, 0.05) is 12.4 Å². The van der Waals surface area contributed by atoms with Crippen molar-refractivity contribution in [2.45, 2.75) is 0 Å². The van der Waals surface area contributed by atoms with E-state index in [9.17, 15) is 0 Å². The third-order valence-electron chi connectivity index (χ3n) is 0.938. The Kier molecular flexibility index (Phi) is 0.648. The average molecular weight is 125 g/mol. The van der Waals surface area contributed by atoms with Gasteiger partial charge in [-0.05, 0) is 0 Å². The lowest BCUT2D eigenvalue weighted by Gasteiger charge is -1.68. The first kappa shape index (κ1) is 4.03. The predicted molar refractivity (Wildman–Crippen MR) is 30.9 cm³/mol. The highest BCUT2D eigenvalue weighted by atomic mass is 32.1. The smallest absolute Gasteiger partial charge is 0.166 e. The highest BCUT2D eigenvalue weighted by Gasteiger charge is 1.90. The van der Waals surface area contributed by atoms with Gasteiger partial charge in [0.15, 0.2) is 5.65 Å². The predicted octanol–water partition coefficient (Wildman–Crippen LogP) is 0.791. The maximum Gasteiger partial charge on any atom is 0.166 e. The number of imidazole rings is 1. The van der Waals surface area contributed by atoms with E-state index in [0.717, 1.165) is 5.65 Å². The van der Waals surface area contributed by atoms with E-state index < -0.39 is 0 Å². The Morgan fingerprint density at radius 1 is 1.62 bits per heavy atom. The van der Waals surface area contributed by atoms with Crippen LogP contribution in [0.4, 0.5) is 0 Å². The van der Waals surface area contributed by atoms with Crippen molar-refractivity contribution in [1.29, 1.82) is 0 Å². The van der Waals surface area contributed by atoms with Gasteiger partial charge in [-0.2, -0.15) is 4.37 Å². The summed E-state index contributed by atoms with van der Waals surface area (Å²) in [6.45, 7) is 0. The van der Waals surface area contributed by atoms with Crippen LogP contribution in [0.5, 0.6) is 0 Å². The minimum absolute atomic E-state index is 0.926. The van der Waals surface area contributed by atoms with Crippen molar-refractivity contribution in [3.63, 3.8) is 0 Å². The molecule has 0 spiro atoms. The van der Waals surface area contributed by atoms with Crippen LogP contribution in [0.2, 0.25) is 0 Å². The monoisotopic (exact) mass is 125 g/mol. The summed E-state index contributed by atoms with van der Waals surface area (Å²) in [5, 5.41) is 0. The van der Waals surface area contributed by atoms with Crippen LogP contribution in [0.15, 0.2) is 18.6 Å². The molecule has 2 aromatic heterocycles. The topological polar surface area (TPSA) is 30.2 Å². The fraction of sp³-hybridized carbons (Fsp3) is 0. The summed E-state index contributed by atoms with van der Waals surface area (Å²) < 4.78 is 5.81. The molecule has 3 nitrogen and oxygen atoms in total. The SMILES string of the molecule is c1cn2sncc2n1. The molecule has 0 saturated carbocycles. The van der Waals surface area contributed by atoms with E-state index >= 15 is 0 Å². The van der Waals surface area contributed by atoms with Gasteiger partial charge in [0.05, 0.1) is 17.9 Å². The second-order valence-electron chi connectivity index (χ2n) is 1.43. The van der Waals surface area contributed by atoms with Crippen molar-refractivity contribution in [1.82, 2.24) is 13.1 Å². The second-order valence-corrected chi connectivity index (χ2v) is 2.19. The van der Waals surface area contributed by atoms with E-state index in [2.05, 4.69) is 9.36 Å². The summed E-state index contributed by atoms with van der Waals surface area (Å²) in [6, 6.07) is 0. The summed E-state index contributed by atoms with van der Waals surface area (Å²) in [6.07, 6.45) is 5.38. The molecule has 0 unspecified atom stereocenters. The fourth-order valence-electron chi connectivity index (χ4n) is 0.584. The molecule has 0 N–H and O–H groups in total. The average Bonchev–Trinajstić information content (AvgIpc) is 2.15. The lowest BCUT2D eigenvalue weighted by atomic mass is 10.8. The van der Waals surface area contributed by atoms with Crippen LogP contribution < -0.4 is 0 Å². The standard InChI is InChI=1S/C4H3N3S/c1-2-7-4(5-1)3-6-8-7/h1-3H. The van der Waals surface area contributed by atoms with Crippen LogP contribution in [0.3, 0.4) is 0 Å². The van der Waals surface area contributed by atoms with Gasteiger partial charge >= 0.3 is 0 Å². The molecule has 0 aromatic carbocycles. The fourth-order valence-corrected chi connectivity index (χ4v) is 1.11. The third kappa shape index (κ3) is 0.376. The van der Waals surface area contributed by atoms with Crippen LogP contribution in [0, 0.1) is 0 Å². The van der Waals surface area contributed by atoms with Gasteiger partial charge in [0.2, 0.25) is 0 Å². The Bertz CT molecular complexity index is 233. The number of hydrogen-bond donors (Lipinski definition) is 0. The first-order valence-electron chi connectivity index (χ1n) is 2.21. The molecule has 2 heterocycles. The first-order chi connectivity index (χ1) is 3.97. The van der Waals surface area contributed by atoms with Crippen molar-refractivity contribution in [2.24, 2.45) is 0 Å².